The first-order valence-electron chi connectivity index (χ1n) is 29.5. The molecule has 3 heterocycles. The molecule has 1 amide bonds. The fraction of sp³-hybridized carbons (Fsp3) is 0.814. The Morgan fingerprint density at radius 2 is 0.897 bits per heavy atom. The van der Waals surface area contributed by atoms with Gasteiger partial charge in [0.05, 0.1) is 38.6 Å². The molecular formula is C59H103NO18. The van der Waals surface area contributed by atoms with Crippen LogP contribution in [-0.2, 0) is 33.2 Å². The van der Waals surface area contributed by atoms with Crippen molar-refractivity contribution in [1.82, 2.24) is 5.32 Å². The van der Waals surface area contributed by atoms with Crippen molar-refractivity contribution in [3.63, 3.8) is 0 Å². The van der Waals surface area contributed by atoms with Crippen molar-refractivity contribution >= 4 is 5.91 Å². The van der Waals surface area contributed by atoms with Gasteiger partial charge in [-0.15, -0.1) is 0 Å². The number of amides is 1. The average Bonchev–Trinajstić information content (AvgIpc) is 3.47. The van der Waals surface area contributed by atoms with Crippen LogP contribution in [0.5, 0.6) is 0 Å². The van der Waals surface area contributed by atoms with E-state index in [1.807, 2.05) is 6.08 Å². The Bertz CT molecular complexity index is 1660. The molecule has 19 nitrogen and oxygen atoms in total. The summed E-state index contributed by atoms with van der Waals surface area (Å²) in [7, 11) is 0. The van der Waals surface area contributed by atoms with E-state index < -0.39 is 124 Å². The van der Waals surface area contributed by atoms with E-state index in [1.54, 1.807) is 6.08 Å². The maximum Gasteiger partial charge on any atom is 0.220 e. The number of nitrogens with one attached hydrogen (secondary N) is 1. The lowest BCUT2D eigenvalue weighted by atomic mass is 9.96. The van der Waals surface area contributed by atoms with Crippen LogP contribution in [0.15, 0.2) is 60.8 Å². The molecule has 0 aromatic rings. The number of hydrogen-bond donors (Lipinski definition) is 12. The van der Waals surface area contributed by atoms with E-state index in [1.165, 1.54) is 77.0 Å². The molecule has 0 spiro atoms. The van der Waals surface area contributed by atoms with Crippen LogP contribution in [0.25, 0.3) is 0 Å². The van der Waals surface area contributed by atoms with Gasteiger partial charge in [0.25, 0.3) is 0 Å². The molecule has 3 fully saturated rings. The number of rotatable bonds is 42. The summed E-state index contributed by atoms with van der Waals surface area (Å²) in [5.74, 6) is -0.297. The molecule has 78 heavy (non-hydrogen) atoms. The number of carbonyl (C=O) groups is 1. The van der Waals surface area contributed by atoms with Gasteiger partial charge < -0.3 is 89.9 Å². The maximum absolute atomic E-state index is 13.3. The molecule has 0 aromatic heterocycles. The standard InChI is InChI=1S/C59H103NO18/c1-3-5-7-9-11-13-15-16-17-18-19-20-21-22-23-24-25-26-27-29-31-33-35-37-47(65)60-42(43(64)36-34-32-30-28-14-12-10-8-6-4-2)41-73-57-53(71)50(68)55(45(39-62)75-57)78-59-54(72)51(69)56(46(40-63)76-59)77-58-52(70)49(67)48(66)44(38-61)74-58/h6,8,14-16,18-19,28,34,36,42-46,48-59,61-64,66-72H,3-5,7,9-13,17,20-27,29-33,35,37-41H2,1-2H3,(H,60,65)/b8-6+,16-15-,19-18-,28-14+,36-34+. The molecule has 3 aliphatic heterocycles. The molecule has 12 N–H and O–H groups in total. The minimum atomic E-state index is -1.98. The van der Waals surface area contributed by atoms with Crippen LogP contribution < -0.4 is 5.32 Å². The van der Waals surface area contributed by atoms with Crippen molar-refractivity contribution in [2.45, 2.75) is 279 Å². The molecule has 3 rings (SSSR count). The summed E-state index contributed by atoms with van der Waals surface area (Å²) in [5.41, 5.74) is 0. The van der Waals surface area contributed by atoms with Gasteiger partial charge in [-0.1, -0.05) is 158 Å². The third-order valence-corrected chi connectivity index (χ3v) is 14.5. The minimum absolute atomic E-state index is 0.227. The van der Waals surface area contributed by atoms with Gasteiger partial charge in [0.15, 0.2) is 18.9 Å². The molecule has 3 saturated heterocycles. The summed E-state index contributed by atoms with van der Waals surface area (Å²) in [5, 5.41) is 120. The molecule has 0 aliphatic carbocycles. The van der Waals surface area contributed by atoms with E-state index in [0.29, 0.717) is 12.8 Å². The highest BCUT2D eigenvalue weighted by molar-refractivity contribution is 5.76. The Morgan fingerprint density at radius 1 is 0.474 bits per heavy atom. The van der Waals surface area contributed by atoms with Crippen molar-refractivity contribution in [2.75, 3.05) is 26.4 Å². The van der Waals surface area contributed by atoms with Gasteiger partial charge in [-0.3, -0.25) is 4.79 Å². The molecule has 452 valence electrons. The molecule has 0 bridgehead atoms. The number of allylic oxidation sites excluding steroid dienone is 9. The quantitative estimate of drug-likeness (QED) is 0.0287. The van der Waals surface area contributed by atoms with E-state index in [0.717, 1.165) is 64.2 Å². The number of aliphatic hydroxyl groups is 11. The Labute approximate surface area is 465 Å². The molecule has 3 aliphatic rings. The molecule has 0 saturated carbocycles. The van der Waals surface area contributed by atoms with Crippen molar-refractivity contribution in [2.24, 2.45) is 0 Å². The molecule has 0 aromatic carbocycles. The zero-order chi connectivity index (χ0) is 56.9. The summed E-state index contributed by atoms with van der Waals surface area (Å²) >= 11 is 0. The summed E-state index contributed by atoms with van der Waals surface area (Å²) < 4.78 is 34.1. The van der Waals surface area contributed by atoms with Gasteiger partial charge in [0.2, 0.25) is 5.91 Å². The van der Waals surface area contributed by atoms with E-state index in [-0.39, 0.29) is 18.9 Å². The Morgan fingerprint density at radius 3 is 1.41 bits per heavy atom. The van der Waals surface area contributed by atoms with Crippen LogP contribution >= 0.6 is 0 Å². The van der Waals surface area contributed by atoms with Gasteiger partial charge >= 0.3 is 0 Å². The number of ether oxygens (including phenoxy) is 6. The lowest BCUT2D eigenvalue weighted by molar-refractivity contribution is -0.379. The highest BCUT2D eigenvalue weighted by Crippen LogP contribution is 2.33. The fourth-order valence-electron chi connectivity index (χ4n) is 9.67. The number of carbonyl (C=O) groups excluding carboxylic acids is 1. The summed E-state index contributed by atoms with van der Waals surface area (Å²) in [6.07, 6.45) is 20.9. The van der Waals surface area contributed by atoms with Gasteiger partial charge in [0.1, 0.15) is 73.2 Å². The number of hydrogen-bond acceptors (Lipinski definition) is 18. The van der Waals surface area contributed by atoms with Crippen LogP contribution in [0.2, 0.25) is 0 Å². The van der Waals surface area contributed by atoms with Gasteiger partial charge in [-0.25, -0.2) is 0 Å². The van der Waals surface area contributed by atoms with Crippen LogP contribution in [0.3, 0.4) is 0 Å². The molecular weight excluding hydrogens is 1010 g/mol. The minimum Gasteiger partial charge on any atom is -0.394 e. The van der Waals surface area contributed by atoms with E-state index in [9.17, 15) is 61.0 Å². The van der Waals surface area contributed by atoms with E-state index in [4.69, 9.17) is 28.4 Å². The predicted molar refractivity (Wildman–Crippen MR) is 295 cm³/mol. The van der Waals surface area contributed by atoms with Crippen molar-refractivity contribution < 1.29 is 89.4 Å². The zero-order valence-corrected chi connectivity index (χ0v) is 46.9. The first-order chi connectivity index (χ1) is 37.8. The molecule has 19 heteroatoms. The van der Waals surface area contributed by atoms with Gasteiger partial charge in [-0.2, -0.15) is 0 Å². The maximum atomic E-state index is 13.3. The SMILES string of the molecule is CC/C=C/CC/C=C/CC/C=C/C(O)C(COC1OC(CO)C(OC2OC(CO)C(OC3OC(CO)C(O)C(O)C3O)C(O)C2O)C(O)C1O)NC(=O)CCCCCCCCCCCCC/C=C\C/C=C\CCCCCCC. The number of unbranched alkanes of at least 4 members (excludes halogenated alkanes) is 18. The van der Waals surface area contributed by atoms with Crippen LogP contribution in [0.1, 0.15) is 174 Å². The van der Waals surface area contributed by atoms with Gasteiger partial charge in [0, 0.05) is 6.42 Å². The Kier molecular flexibility index (Phi) is 37.9. The lowest BCUT2D eigenvalue weighted by Gasteiger charge is -2.48. The lowest BCUT2D eigenvalue weighted by Crippen LogP contribution is -2.66. The monoisotopic (exact) mass is 1110 g/mol. The van der Waals surface area contributed by atoms with Crippen LogP contribution in [-0.4, -0.2) is 193 Å². The van der Waals surface area contributed by atoms with Crippen LogP contribution in [0.4, 0.5) is 0 Å². The summed E-state index contributed by atoms with van der Waals surface area (Å²) in [4.78, 5) is 13.3. The fourth-order valence-corrected chi connectivity index (χ4v) is 9.67. The summed E-state index contributed by atoms with van der Waals surface area (Å²) in [6, 6.07) is -0.997. The average molecular weight is 1110 g/mol. The Balaban J connectivity index is 1.46. The third-order valence-electron chi connectivity index (χ3n) is 14.5. The highest BCUT2D eigenvalue weighted by atomic mass is 16.8. The number of aliphatic hydroxyl groups excluding tert-OH is 11. The Hall–Kier alpha value is -2.51. The predicted octanol–water partition coefficient (Wildman–Crippen LogP) is 4.87. The van der Waals surface area contributed by atoms with E-state index >= 15 is 0 Å². The first kappa shape index (κ1) is 69.8. The van der Waals surface area contributed by atoms with Gasteiger partial charge in [-0.05, 0) is 70.6 Å². The second kappa shape index (κ2) is 42.3. The first-order valence-corrected chi connectivity index (χ1v) is 29.5. The van der Waals surface area contributed by atoms with Crippen molar-refractivity contribution in [3.05, 3.63) is 60.8 Å². The third kappa shape index (κ3) is 26.2. The molecule has 17 atom stereocenters. The van der Waals surface area contributed by atoms with E-state index in [2.05, 4.69) is 67.8 Å². The van der Waals surface area contributed by atoms with Crippen LogP contribution in [0, 0.1) is 0 Å². The molecule has 17 unspecified atom stereocenters. The highest BCUT2D eigenvalue weighted by Gasteiger charge is 2.53. The van der Waals surface area contributed by atoms with Crippen molar-refractivity contribution in [1.29, 1.82) is 0 Å². The topological polar surface area (TPSA) is 307 Å². The summed E-state index contributed by atoms with van der Waals surface area (Å²) in [6.45, 7) is 1.53. The van der Waals surface area contributed by atoms with Crippen molar-refractivity contribution in [3.8, 4) is 0 Å². The zero-order valence-electron chi connectivity index (χ0n) is 46.9. The largest absolute Gasteiger partial charge is 0.394 e. The second-order valence-electron chi connectivity index (χ2n) is 21.1. The normalized spacial score (nSPS) is 30.9. The second-order valence-corrected chi connectivity index (χ2v) is 21.1. The molecule has 0 radical (unpaired) electrons. The smallest absolute Gasteiger partial charge is 0.220 e.